The number of hydrogen-bond donors (Lipinski definition) is 1. The predicted molar refractivity (Wildman–Crippen MR) is 60.6 cm³/mol. The van der Waals surface area contributed by atoms with Crippen molar-refractivity contribution in [1.82, 2.24) is 0 Å². The summed E-state index contributed by atoms with van der Waals surface area (Å²) in [5.74, 6) is 1.14. The molecule has 1 aliphatic carbocycles. The number of carbonyl (C=O) groups is 1. The molecule has 3 nitrogen and oxygen atoms in total. The highest BCUT2D eigenvalue weighted by molar-refractivity contribution is 5.86. The topological polar surface area (TPSA) is 52.3 Å². The number of hydrogen-bond acceptors (Lipinski definition) is 3. The van der Waals surface area contributed by atoms with Crippen molar-refractivity contribution in [3.63, 3.8) is 0 Å². The third-order valence-corrected chi connectivity index (χ3v) is 3.34. The van der Waals surface area contributed by atoms with Crippen LogP contribution in [0.4, 0.5) is 0 Å². The zero-order chi connectivity index (χ0) is 11.3. The molecule has 0 aromatic rings. The van der Waals surface area contributed by atoms with Crippen LogP contribution in [0.2, 0.25) is 0 Å². The van der Waals surface area contributed by atoms with Gasteiger partial charge in [-0.3, -0.25) is 4.79 Å². The van der Waals surface area contributed by atoms with Crippen molar-refractivity contribution in [2.75, 3.05) is 13.7 Å². The van der Waals surface area contributed by atoms with E-state index in [2.05, 4.69) is 6.92 Å². The molecule has 2 N–H and O–H groups in total. The average molecular weight is 213 g/mol. The first kappa shape index (κ1) is 12.7. The number of methoxy groups -OCH3 is 1. The van der Waals surface area contributed by atoms with Crippen LogP contribution in [-0.4, -0.2) is 25.5 Å². The van der Waals surface area contributed by atoms with Crippen molar-refractivity contribution in [1.29, 1.82) is 0 Å². The van der Waals surface area contributed by atoms with E-state index in [4.69, 9.17) is 10.5 Å². The summed E-state index contributed by atoms with van der Waals surface area (Å²) in [5.41, 5.74) is 5.85. The first-order valence-electron chi connectivity index (χ1n) is 5.93. The van der Waals surface area contributed by atoms with Crippen LogP contribution in [0.15, 0.2) is 0 Å². The Morgan fingerprint density at radius 3 is 2.87 bits per heavy atom. The third kappa shape index (κ3) is 3.92. The Hall–Kier alpha value is -0.410. The maximum Gasteiger partial charge on any atom is 0.152 e. The average Bonchev–Trinajstić information content (AvgIpc) is 2.24. The molecule has 0 aliphatic heterocycles. The van der Waals surface area contributed by atoms with E-state index in [0.717, 1.165) is 12.8 Å². The molecule has 3 unspecified atom stereocenters. The van der Waals surface area contributed by atoms with Crippen LogP contribution in [0.5, 0.6) is 0 Å². The molecular formula is C12H23NO2. The van der Waals surface area contributed by atoms with Crippen molar-refractivity contribution in [2.45, 2.75) is 45.1 Å². The number of ether oxygens (including phenoxy) is 1. The van der Waals surface area contributed by atoms with Gasteiger partial charge in [0.25, 0.3) is 0 Å². The number of ketones is 1. The van der Waals surface area contributed by atoms with Crippen molar-refractivity contribution in [2.24, 2.45) is 17.6 Å². The molecule has 1 rings (SSSR count). The van der Waals surface area contributed by atoms with Gasteiger partial charge in [0.2, 0.25) is 0 Å². The van der Waals surface area contributed by atoms with E-state index >= 15 is 0 Å². The van der Waals surface area contributed by atoms with E-state index in [-0.39, 0.29) is 17.7 Å². The summed E-state index contributed by atoms with van der Waals surface area (Å²) in [4.78, 5) is 12.0. The number of rotatable bonds is 5. The fourth-order valence-corrected chi connectivity index (χ4v) is 2.38. The van der Waals surface area contributed by atoms with E-state index in [9.17, 15) is 4.79 Å². The zero-order valence-electron chi connectivity index (χ0n) is 9.87. The maximum absolute atomic E-state index is 12.0. The second kappa shape index (κ2) is 6.23. The highest BCUT2D eigenvalue weighted by atomic mass is 16.5. The largest absolute Gasteiger partial charge is 0.385 e. The maximum atomic E-state index is 12.0. The molecule has 0 amide bonds. The van der Waals surface area contributed by atoms with E-state index in [0.29, 0.717) is 18.9 Å². The smallest absolute Gasteiger partial charge is 0.152 e. The first-order valence-corrected chi connectivity index (χ1v) is 5.93. The van der Waals surface area contributed by atoms with Gasteiger partial charge in [-0.25, -0.2) is 0 Å². The molecule has 3 atom stereocenters. The molecule has 0 aromatic carbocycles. The Balaban J connectivity index is 2.37. The van der Waals surface area contributed by atoms with Gasteiger partial charge >= 0.3 is 0 Å². The van der Waals surface area contributed by atoms with Crippen molar-refractivity contribution in [3.05, 3.63) is 0 Å². The molecule has 1 aliphatic rings. The molecule has 0 aromatic heterocycles. The van der Waals surface area contributed by atoms with Crippen LogP contribution >= 0.6 is 0 Å². The van der Waals surface area contributed by atoms with E-state index in [1.165, 1.54) is 12.8 Å². The molecule has 0 heterocycles. The number of nitrogens with two attached hydrogens (primary N) is 1. The number of carbonyl (C=O) groups excluding carboxylic acids is 1. The molecule has 88 valence electrons. The predicted octanol–water partition coefficient (Wildman–Crippen LogP) is 1.75. The standard InChI is InChI=1S/C12H23NO2/c1-9-4-3-5-10(8-9)12(14)11(13)6-7-15-2/h9-11H,3-8,13H2,1-2H3. The highest BCUT2D eigenvalue weighted by Crippen LogP contribution is 2.29. The summed E-state index contributed by atoms with van der Waals surface area (Å²) >= 11 is 0. The molecule has 1 fully saturated rings. The van der Waals surface area contributed by atoms with Gasteiger partial charge in [-0.1, -0.05) is 19.8 Å². The van der Waals surface area contributed by atoms with Gasteiger partial charge < -0.3 is 10.5 Å². The van der Waals surface area contributed by atoms with Crippen LogP contribution in [0.1, 0.15) is 39.0 Å². The Kier molecular flexibility index (Phi) is 5.26. The van der Waals surface area contributed by atoms with Crippen LogP contribution in [-0.2, 0) is 9.53 Å². The summed E-state index contributed by atoms with van der Waals surface area (Å²) in [7, 11) is 1.64. The molecule has 0 bridgehead atoms. The minimum Gasteiger partial charge on any atom is -0.385 e. The second-order valence-electron chi connectivity index (χ2n) is 4.76. The Bertz CT molecular complexity index is 206. The molecule has 0 radical (unpaired) electrons. The van der Waals surface area contributed by atoms with Crippen LogP contribution in [0.25, 0.3) is 0 Å². The molecule has 0 saturated heterocycles. The van der Waals surface area contributed by atoms with Gasteiger partial charge in [0.1, 0.15) is 0 Å². The molecular weight excluding hydrogens is 190 g/mol. The minimum atomic E-state index is -0.319. The fourth-order valence-electron chi connectivity index (χ4n) is 2.38. The van der Waals surface area contributed by atoms with E-state index in [1.54, 1.807) is 7.11 Å². The molecule has 15 heavy (non-hydrogen) atoms. The lowest BCUT2D eigenvalue weighted by Gasteiger charge is -2.27. The van der Waals surface area contributed by atoms with Crippen LogP contribution in [0.3, 0.4) is 0 Å². The lowest BCUT2D eigenvalue weighted by atomic mass is 9.78. The highest BCUT2D eigenvalue weighted by Gasteiger charge is 2.28. The Morgan fingerprint density at radius 1 is 1.53 bits per heavy atom. The zero-order valence-corrected chi connectivity index (χ0v) is 9.87. The quantitative estimate of drug-likeness (QED) is 0.757. The van der Waals surface area contributed by atoms with Crippen molar-refractivity contribution >= 4 is 5.78 Å². The van der Waals surface area contributed by atoms with Gasteiger partial charge in [0.15, 0.2) is 5.78 Å². The van der Waals surface area contributed by atoms with Gasteiger partial charge in [-0.05, 0) is 25.2 Å². The van der Waals surface area contributed by atoms with Gasteiger partial charge in [-0.15, -0.1) is 0 Å². The van der Waals surface area contributed by atoms with Crippen molar-refractivity contribution in [3.8, 4) is 0 Å². The lowest BCUT2D eigenvalue weighted by molar-refractivity contribution is -0.125. The van der Waals surface area contributed by atoms with Gasteiger partial charge in [-0.2, -0.15) is 0 Å². The minimum absolute atomic E-state index is 0.209. The van der Waals surface area contributed by atoms with Crippen molar-refractivity contribution < 1.29 is 9.53 Å². The van der Waals surface area contributed by atoms with Crippen LogP contribution < -0.4 is 5.73 Å². The van der Waals surface area contributed by atoms with Gasteiger partial charge in [0.05, 0.1) is 6.04 Å². The molecule has 3 heteroatoms. The summed E-state index contributed by atoms with van der Waals surface area (Å²) < 4.78 is 4.94. The Morgan fingerprint density at radius 2 is 2.27 bits per heavy atom. The SMILES string of the molecule is COCCC(N)C(=O)C1CCCC(C)C1. The number of Topliss-reactive ketones (excluding diaryl/α,β-unsaturated/α-hetero) is 1. The van der Waals surface area contributed by atoms with Crippen LogP contribution in [0, 0.1) is 11.8 Å². The molecule has 0 spiro atoms. The van der Waals surface area contributed by atoms with Gasteiger partial charge in [0, 0.05) is 19.6 Å². The third-order valence-electron chi connectivity index (χ3n) is 3.34. The summed E-state index contributed by atoms with van der Waals surface area (Å²) in [6.07, 6.45) is 5.15. The Labute approximate surface area is 92.4 Å². The molecule has 1 saturated carbocycles. The second-order valence-corrected chi connectivity index (χ2v) is 4.76. The summed E-state index contributed by atoms with van der Waals surface area (Å²) in [5, 5.41) is 0. The van der Waals surface area contributed by atoms with E-state index < -0.39 is 0 Å². The monoisotopic (exact) mass is 213 g/mol. The normalized spacial score (nSPS) is 28.7. The fraction of sp³-hybridized carbons (Fsp3) is 0.917. The van der Waals surface area contributed by atoms with E-state index in [1.807, 2.05) is 0 Å². The lowest BCUT2D eigenvalue weighted by Crippen LogP contribution is -2.38. The summed E-state index contributed by atoms with van der Waals surface area (Å²) in [6.45, 7) is 2.80. The summed E-state index contributed by atoms with van der Waals surface area (Å²) in [6, 6.07) is -0.319. The first-order chi connectivity index (χ1) is 7.15.